The van der Waals surface area contributed by atoms with Crippen LogP contribution in [0.3, 0.4) is 0 Å². The van der Waals surface area contributed by atoms with Gasteiger partial charge in [-0.2, -0.15) is 0 Å². The fraction of sp³-hybridized carbons (Fsp3) is 0.333. The number of halogens is 2. The van der Waals surface area contributed by atoms with Crippen molar-refractivity contribution in [2.75, 3.05) is 26.7 Å². The lowest BCUT2D eigenvalue weighted by atomic mass is 9.88. The summed E-state index contributed by atoms with van der Waals surface area (Å²) in [7, 11) is 2.15. The Morgan fingerprint density at radius 1 is 1.02 bits per heavy atom. The Bertz CT molecular complexity index is 1670. The molecule has 1 amide bonds. The highest BCUT2D eigenvalue weighted by atomic mass is 19.1. The quantitative estimate of drug-likeness (QED) is 0.344. The van der Waals surface area contributed by atoms with Crippen LogP contribution in [0.25, 0.3) is 11.1 Å². The maximum atomic E-state index is 16.3. The number of amides is 1. The van der Waals surface area contributed by atoms with E-state index in [0.717, 1.165) is 31.5 Å². The second kappa shape index (κ2) is 11.7. The number of rotatable bonds is 7. The molecule has 44 heavy (non-hydrogen) atoms. The van der Waals surface area contributed by atoms with Crippen molar-refractivity contribution >= 4 is 11.7 Å². The van der Waals surface area contributed by atoms with E-state index < -0.39 is 23.6 Å². The third-order valence-electron chi connectivity index (χ3n) is 9.30. The number of amidine groups is 1. The van der Waals surface area contributed by atoms with Crippen LogP contribution in [0.2, 0.25) is 0 Å². The molecule has 226 valence electrons. The molecular formula is C36H36F2N4O2. The molecule has 0 bridgehead atoms. The zero-order chi connectivity index (χ0) is 30.4. The fourth-order valence-corrected chi connectivity index (χ4v) is 6.94. The van der Waals surface area contributed by atoms with E-state index in [1.54, 1.807) is 17.0 Å². The van der Waals surface area contributed by atoms with Gasteiger partial charge in [0.25, 0.3) is 5.91 Å². The van der Waals surface area contributed by atoms with E-state index >= 15 is 4.39 Å². The van der Waals surface area contributed by atoms with Gasteiger partial charge >= 0.3 is 0 Å². The number of fused-ring (bicyclic) bond motifs is 2. The minimum atomic E-state index is -0.795. The van der Waals surface area contributed by atoms with Crippen LogP contribution < -0.4 is 10.1 Å². The maximum absolute atomic E-state index is 16.3. The highest BCUT2D eigenvalue weighted by Crippen LogP contribution is 2.41. The summed E-state index contributed by atoms with van der Waals surface area (Å²) in [6, 6.07) is 15.0. The summed E-state index contributed by atoms with van der Waals surface area (Å²) < 4.78 is 37.0. The van der Waals surface area contributed by atoms with Crippen LogP contribution in [0.5, 0.6) is 5.75 Å². The highest BCUT2D eigenvalue weighted by molar-refractivity contribution is 6.04. The Morgan fingerprint density at radius 3 is 2.55 bits per heavy atom. The van der Waals surface area contributed by atoms with Gasteiger partial charge in [-0.15, -0.1) is 0 Å². The molecule has 0 radical (unpaired) electrons. The molecule has 3 heterocycles. The molecule has 0 saturated carbocycles. The van der Waals surface area contributed by atoms with E-state index in [1.165, 1.54) is 17.7 Å². The van der Waals surface area contributed by atoms with Crippen molar-refractivity contribution in [1.29, 1.82) is 0 Å². The topological polar surface area (TPSA) is 57.2 Å². The van der Waals surface area contributed by atoms with E-state index in [1.807, 2.05) is 49.4 Å². The normalized spacial score (nSPS) is 22.0. The second-order valence-electron chi connectivity index (χ2n) is 12.1. The Balaban J connectivity index is 1.23. The fourth-order valence-electron chi connectivity index (χ4n) is 6.94. The molecule has 3 aliphatic heterocycles. The van der Waals surface area contributed by atoms with Crippen molar-refractivity contribution in [2.45, 2.75) is 50.4 Å². The monoisotopic (exact) mass is 594 g/mol. The minimum Gasteiger partial charge on any atom is -0.493 e. The molecule has 0 aromatic heterocycles. The lowest BCUT2D eigenvalue weighted by Crippen LogP contribution is -2.42. The first-order valence-corrected chi connectivity index (χ1v) is 15.4. The van der Waals surface area contributed by atoms with Gasteiger partial charge in [0, 0.05) is 17.7 Å². The molecule has 3 aromatic carbocycles. The molecule has 4 aliphatic rings. The SMILES string of the molecule is CCOc1ccc(F)cc1C(C1=NC2C=CC=CC2N1)N1Cc2ccc(-c3ccc(C4CCN(C)CC4)cc3)c(F)c2C1=O. The van der Waals surface area contributed by atoms with E-state index in [-0.39, 0.29) is 24.2 Å². The zero-order valence-corrected chi connectivity index (χ0v) is 25.0. The molecule has 3 aromatic rings. The number of hydrogen-bond acceptors (Lipinski definition) is 5. The molecule has 3 atom stereocenters. The number of aliphatic imine (C=N–C) groups is 1. The van der Waals surface area contributed by atoms with Crippen molar-refractivity contribution in [3.05, 3.63) is 113 Å². The average molecular weight is 595 g/mol. The van der Waals surface area contributed by atoms with Crippen molar-refractivity contribution in [3.8, 4) is 16.9 Å². The number of carbonyl (C=O) groups excluding carboxylic acids is 1. The van der Waals surface area contributed by atoms with Crippen molar-refractivity contribution in [2.24, 2.45) is 4.99 Å². The molecule has 1 fully saturated rings. The van der Waals surface area contributed by atoms with Crippen LogP contribution in [-0.2, 0) is 6.54 Å². The van der Waals surface area contributed by atoms with E-state index in [4.69, 9.17) is 9.73 Å². The minimum absolute atomic E-state index is 0.0528. The third kappa shape index (κ3) is 5.11. The summed E-state index contributed by atoms with van der Waals surface area (Å²) >= 11 is 0. The molecular weight excluding hydrogens is 558 g/mol. The van der Waals surface area contributed by atoms with Crippen LogP contribution in [0.1, 0.15) is 58.8 Å². The summed E-state index contributed by atoms with van der Waals surface area (Å²) in [6.45, 7) is 4.53. The Morgan fingerprint density at radius 2 is 1.80 bits per heavy atom. The van der Waals surface area contributed by atoms with Crippen LogP contribution in [0, 0.1) is 11.6 Å². The number of benzene rings is 3. The van der Waals surface area contributed by atoms with Gasteiger partial charge in [0.1, 0.15) is 29.3 Å². The van der Waals surface area contributed by atoms with Gasteiger partial charge < -0.3 is 19.9 Å². The van der Waals surface area contributed by atoms with Crippen LogP contribution in [0.15, 0.2) is 83.9 Å². The van der Waals surface area contributed by atoms with Gasteiger partial charge in [-0.1, -0.05) is 60.7 Å². The smallest absolute Gasteiger partial charge is 0.258 e. The average Bonchev–Trinajstić information content (AvgIpc) is 3.61. The summed E-state index contributed by atoms with van der Waals surface area (Å²) in [4.78, 5) is 23.0. The molecule has 1 N–H and O–H groups in total. The second-order valence-corrected chi connectivity index (χ2v) is 12.1. The standard InChI is InChI=1S/C36H36F2N4O2/c1-3-44-31-15-13-26(37)20-28(31)34(35-39-29-6-4-5-7-30(29)40-35)42-21-25-12-14-27(33(38)32(25)36(42)43)24-10-8-22(9-11-24)23-16-18-41(2)19-17-23/h4-15,20,23,29-30,34H,3,16-19,21H2,1-2H3,(H,39,40). The zero-order valence-electron chi connectivity index (χ0n) is 25.0. The number of nitrogens with one attached hydrogen (secondary N) is 1. The summed E-state index contributed by atoms with van der Waals surface area (Å²) in [5.74, 6) is 0.0393. The number of allylic oxidation sites excluding steroid dienone is 2. The number of piperidine rings is 1. The van der Waals surface area contributed by atoms with Gasteiger partial charge in [-0.3, -0.25) is 9.79 Å². The number of hydrogen-bond donors (Lipinski definition) is 1. The third-order valence-corrected chi connectivity index (χ3v) is 9.30. The Kier molecular flexibility index (Phi) is 7.54. The molecule has 1 aliphatic carbocycles. The van der Waals surface area contributed by atoms with E-state index in [2.05, 4.69) is 29.4 Å². The largest absolute Gasteiger partial charge is 0.493 e. The van der Waals surface area contributed by atoms with Crippen molar-refractivity contribution in [3.63, 3.8) is 0 Å². The highest BCUT2D eigenvalue weighted by Gasteiger charge is 2.42. The summed E-state index contributed by atoms with van der Waals surface area (Å²) in [5, 5.41) is 3.43. The summed E-state index contributed by atoms with van der Waals surface area (Å²) in [6.07, 6.45) is 10.1. The Hall–Kier alpha value is -4.30. The van der Waals surface area contributed by atoms with Gasteiger partial charge in [0.15, 0.2) is 0 Å². The van der Waals surface area contributed by atoms with Gasteiger partial charge in [-0.25, -0.2) is 8.78 Å². The number of carbonyl (C=O) groups is 1. The predicted octanol–water partition coefficient (Wildman–Crippen LogP) is 6.40. The van der Waals surface area contributed by atoms with Gasteiger partial charge in [-0.05, 0) is 80.7 Å². The van der Waals surface area contributed by atoms with E-state index in [0.29, 0.717) is 40.8 Å². The molecule has 7 rings (SSSR count). The lowest BCUT2D eigenvalue weighted by molar-refractivity contribution is 0.0741. The maximum Gasteiger partial charge on any atom is 0.258 e. The van der Waals surface area contributed by atoms with Crippen molar-refractivity contribution < 1.29 is 18.3 Å². The van der Waals surface area contributed by atoms with E-state index in [9.17, 15) is 9.18 Å². The molecule has 6 nitrogen and oxygen atoms in total. The predicted molar refractivity (Wildman–Crippen MR) is 168 cm³/mol. The molecule has 0 spiro atoms. The summed E-state index contributed by atoms with van der Waals surface area (Å²) in [5.41, 5.74) is 3.51. The first-order valence-electron chi connectivity index (χ1n) is 15.4. The van der Waals surface area contributed by atoms with Crippen LogP contribution in [0.4, 0.5) is 8.78 Å². The molecule has 8 heteroatoms. The van der Waals surface area contributed by atoms with Crippen LogP contribution in [-0.4, -0.2) is 60.4 Å². The number of likely N-dealkylation sites (tertiary alicyclic amines) is 1. The molecule has 1 saturated heterocycles. The van der Waals surface area contributed by atoms with Crippen LogP contribution >= 0.6 is 0 Å². The first-order chi connectivity index (χ1) is 21.4. The lowest BCUT2D eigenvalue weighted by Gasteiger charge is -2.30. The molecule has 3 unspecified atom stereocenters. The van der Waals surface area contributed by atoms with Gasteiger partial charge in [0.2, 0.25) is 0 Å². The first kappa shape index (κ1) is 28.5. The Labute approximate surface area is 256 Å². The van der Waals surface area contributed by atoms with Gasteiger partial charge in [0.05, 0.1) is 24.3 Å². The number of ether oxygens (including phenoxy) is 1. The van der Waals surface area contributed by atoms with Crippen molar-refractivity contribution in [1.82, 2.24) is 15.1 Å². The number of nitrogens with zero attached hydrogens (tertiary/aromatic N) is 3.